The summed E-state index contributed by atoms with van der Waals surface area (Å²) < 4.78 is 69.2. The van der Waals surface area contributed by atoms with E-state index in [0.29, 0.717) is 0 Å². The highest BCUT2D eigenvalue weighted by molar-refractivity contribution is 5.86. The fourth-order valence-electron chi connectivity index (χ4n) is 2.73. The fraction of sp³-hybridized carbons (Fsp3) is 0.429. The minimum absolute atomic E-state index is 0.305. The number of carbonyl (C=O) groups is 2. The Labute approximate surface area is 138 Å². The SMILES string of the molecule is CC(=O)[C@@H]1[C@H](c2ccccc2OC(F)F)NC(=O)N[C@]1(O)C(F)(F)F. The van der Waals surface area contributed by atoms with Gasteiger partial charge in [0.1, 0.15) is 11.5 Å². The van der Waals surface area contributed by atoms with Crippen LogP contribution in [0.25, 0.3) is 0 Å². The molecule has 0 aromatic heterocycles. The van der Waals surface area contributed by atoms with E-state index in [4.69, 9.17) is 0 Å². The van der Waals surface area contributed by atoms with Crippen molar-refractivity contribution in [3.8, 4) is 5.75 Å². The second-order valence-electron chi connectivity index (χ2n) is 5.34. The highest BCUT2D eigenvalue weighted by Crippen LogP contribution is 2.44. The molecule has 0 aliphatic carbocycles. The molecule has 0 unspecified atom stereocenters. The van der Waals surface area contributed by atoms with Gasteiger partial charge in [0, 0.05) is 5.56 Å². The van der Waals surface area contributed by atoms with Crippen molar-refractivity contribution in [1.82, 2.24) is 10.6 Å². The molecule has 11 heteroatoms. The quantitative estimate of drug-likeness (QED) is 0.711. The molecule has 0 radical (unpaired) electrons. The second-order valence-corrected chi connectivity index (χ2v) is 5.34. The first-order chi connectivity index (χ1) is 11.5. The van der Waals surface area contributed by atoms with Crippen molar-refractivity contribution in [2.45, 2.75) is 31.5 Å². The molecule has 3 N–H and O–H groups in total. The lowest BCUT2D eigenvalue weighted by atomic mass is 9.79. The standard InChI is InChI=1S/C14H13F5N2O4/c1-6(22)9-10(7-4-2-3-5-8(7)25-11(15)16)20-12(23)21-13(9,24)14(17,18)19/h2-5,9-11,24H,1H3,(H2,20,21,23)/t9-,10+,13-/m1/s1. The van der Waals surface area contributed by atoms with Crippen molar-refractivity contribution in [1.29, 1.82) is 0 Å². The number of aliphatic hydroxyl groups is 1. The summed E-state index contributed by atoms with van der Waals surface area (Å²) in [6.45, 7) is -2.50. The summed E-state index contributed by atoms with van der Waals surface area (Å²) in [4.78, 5) is 23.5. The zero-order valence-corrected chi connectivity index (χ0v) is 12.6. The van der Waals surface area contributed by atoms with Crippen LogP contribution in [0.4, 0.5) is 26.7 Å². The molecule has 1 aliphatic rings. The molecule has 3 atom stereocenters. The van der Waals surface area contributed by atoms with E-state index in [2.05, 4.69) is 4.74 Å². The van der Waals surface area contributed by atoms with Crippen molar-refractivity contribution >= 4 is 11.8 Å². The van der Waals surface area contributed by atoms with Crippen molar-refractivity contribution in [2.75, 3.05) is 0 Å². The third-order valence-electron chi connectivity index (χ3n) is 3.71. The summed E-state index contributed by atoms with van der Waals surface area (Å²) in [6.07, 6.45) is -5.39. The zero-order valence-electron chi connectivity index (χ0n) is 12.6. The number of para-hydroxylation sites is 1. The van der Waals surface area contributed by atoms with Crippen molar-refractivity contribution in [3.05, 3.63) is 29.8 Å². The van der Waals surface area contributed by atoms with Gasteiger partial charge < -0.3 is 20.5 Å². The summed E-state index contributed by atoms with van der Waals surface area (Å²) in [5.74, 6) is -3.88. The van der Waals surface area contributed by atoms with Gasteiger partial charge in [0.2, 0.25) is 5.72 Å². The maximum absolute atomic E-state index is 13.3. The molecule has 1 saturated heterocycles. The van der Waals surface area contributed by atoms with Crippen LogP contribution in [0.2, 0.25) is 0 Å². The van der Waals surface area contributed by atoms with Gasteiger partial charge in [-0.1, -0.05) is 18.2 Å². The normalized spacial score (nSPS) is 26.8. The van der Waals surface area contributed by atoms with Crippen LogP contribution in [0.3, 0.4) is 0 Å². The first-order valence-electron chi connectivity index (χ1n) is 6.89. The molecule has 1 heterocycles. The summed E-state index contributed by atoms with van der Waals surface area (Å²) in [5.41, 5.74) is -4.18. The summed E-state index contributed by atoms with van der Waals surface area (Å²) in [5, 5.41) is 13.4. The van der Waals surface area contributed by atoms with E-state index in [1.54, 1.807) is 0 Å². The number of ketones is 1. The van der Waals surface area contributed by atoms with Crippen LogP contribution in [0.5, 0.6) is 5.75 Å². The Bertz CT molecular complexity index is 681. The molecule has 25 heavy (non-hydrogen) atoms. The highest BCUT2D eigenvalue weighted by Gasteiger charge is 2.65. The number of alkyl halides is 5. The minimum atomic E-state index is -5.39. The smallest absolute Gasteiger partial charge is 0.434 e. The van der Waals surface area contributed by atoms with Gasteiger partial charge in [-0.2, -0.15) is 22.0 Å². The average molecular weight is 368 g/mol. The van der Waals surface area contributed by atoms with E-state index >= 15 is 0 Å². The first kappa shape index (κ1) is 18.9. The minimum Gasteiger partial charge on any atom is -0.434 e. The Morgan fingerprint density at radius 1 is 1.32 bits per heavy atom. The second kappa shape index (κ2) is 6.47. The number of urea groups is 1. The Kier molecular flexibility index (Phi) is 4.89. The first-order valence-corrected chi connectivity index (χ1v) is 6.89. The van der Waals surface area contributed by atoms with Gasteiger partial charge in [-0.3, -0.25) is 4.79 Å². The van der Waals surface area contributed by atoms with Gasteiger partial charge >= 0.3 is 18.8 Å². The van der Waals surface area contributed by atoms with E-state index in [1.165, 1.54) is 17.4 Å². The topological polar surface area (TPSA) is 87.7 Å². The van der Waals surface area contributed by atoms with Crippen LogP contribution in [-0.4, -0.2) is 35.4 Å². The van der Waals surface area contributed by atoms with Gasteiger partial charge in [-0.15, -0.1) is 0 Å². The monoisotopic (exact) mass is 368 g/mol. The Hall–Kier alpha value is -2.43. The molecule has 1 aromatic rings. The van der Waals surface area contributed by atoms with E-state index in [-0.39, 0.29) is 5.56 Å². The number of rotatable bonds is 4. The molecule has 1 fully saturated rings. The number of ether oxygens (including phenoxy) is 1. The number of nitrogens with one attached hydrogen (secondary N) is 2. The Morgan fingerprint density at radius 2 is 1.92 bits per heavy atom. The number of hydrogen-bond donors (Lipinski definition) is 3. The molecule has 2 amide bonds. The number of halogens is 5. The van der Waals surface area contributed by atoms with Crippen LogP contribution in [-0.2, 0) is 4.79 Å². The van der Waals surface area contributed by atoms with Gasteiger partial charge in [0.25, 0.3) is 0 Å². The van der Waals surface area contributed by atoms with Crippen molar-refractivity contribution < 1.29 is 41.4 Å². The number of benzene rings is 1. The number of carbonyl (C=O) groups excluding carboxylic acids is 2. The molecule has 0 spiro atoms. The molecule has 1 aliphatic heterocycles. The third kappa shape index (κ3) is 3.50. The Morgan fingerprint density at radius 3 is 2.44 bits per heavy atom. The number of hydrogen-bond acceptors (Lipinski definition) is 4. The lowest BCUT2D eigenvalue weighted by molar-refractivity contribution is -0.290. The number of Topliss-reactive ketones (excluding diaryl/α,β-unsaturated/α-hetero) is 1. The molecule has 1 aromatic carbocycles. The van der Waals surface area contributed by atoms with E-state index in [9.17, 15) is 36.6 Å². The molecule has 6 nitrogen and oxygen atoms in total. The predicted molar refractivity (Wildman–Crippen MR) is 72.7 cm³/mol. The van der Waals surface area contributed by atoms with Gasteiger partial charge in [0.05, 0.1) is 12.0 Å². The largest absolute Gasteiger partial charge is 0.437 e. The maximum atomic E-state index is 13.3. The summed E-state index contributed by atoms with van der Waals surface area (Å²) >= 11 is 0. The molecule has 2 rings (SSSR count). The molecule has 0 bridgehead atoms. The summed E-state index contributed by atoms with van der Waals surface area (Å²) in [7, 11) is 0. The lowest BCUT2D eigenvalue weighted by Gasteiger charge is -2.44. The van der Waals surface area contributed by atoms with Crippen LogP contribution in [0.1, 0.15) is 18.5 Å². The number of amides is 2. The molecular formula is C14H13F5N2O4. The third-order valence-corrected chi connectivity index (χ3v) is 3.71. The van der Waals surface area contributed by atoms with Crippen LogP contribution < -0.4 is 15.4 Å². The van der Waals surface area contributed by atoms with Crippen molar-refractivity contribution in [3.63, 3.8) is 0 Å². The lowest BCUT2D eigenvalue weighted by Crippen LogP contribution is -2.72. The van der Waals surface area contributed by atoms with Gasteiger partial charge in [-0.05, 0) is 13.0 Å². The summed E-state index contributed by atoms with van der Waals surface area (Å²) in [6, 6.07) is 1.57. The fourth-order valence-corrected chi connectivity index (χ4v) is 2.73. The zero-order chi connectivity index (χ0) is 19.0. The predicted octanol–water partition coefficient (Wildman–Crippen LogP) is 2.10. The van der Waals surface area contributed by atoms with Crippen LogP contribution in [0.15, 0.2) is 24.3 Å². The highest BCUT2D eigenvalue weighted by atomic mass is 19.4. The molecular weight excluding hydrogens is 355 g/mol. The van der Waals surface area contributed by atoms with Crippen LogP contribution in [0, 0.1) is 5.92 Å². The average Bonchev–Trinajstić information content (AvgIpc) is 2.44. The van der Waals surface area contributed by atoms with Gasteiger partial charge in [0.15, 0.2) is 0 Å². The van der Waals surface area contributed by atoms with E-state index < -0.39 is 48.0 Å². The van der Waals surface area contributed by atoms with Crippen LogP contribution >= 0.6 is 0 Å². The van der Waals surface area contributed by atoms with E-state index in [0.717, 1.165) is 19.1 Å². The van der Waals surface area contributed by atoms with Gasteiger partial charge in [-0.25, -0.2) is 4.79 Å². The van der Waals surface area contributed by atoms with Crippen molar-refractivity contribution in [2.24, 2.45) is 5.92 Å². The maximum Gasteiger partial charge on any atom is 0.437 e. The molecule has 138 valence electrons. The Balaban J connectivity index is 2.59. The molecule has 0 saturated carbocycles. The van der Waals surface area contributed by atoms with E-state index in [1.807, 2.05) is 5.32 Å².